The van der Waals surface area contributed by atoms with Crippen LogP contribution in [-0.4, -0.2) is 0 Å². The van der Waals surface area contributed by atoms with Crippen LogP contribution in [-0.2, 0) is 0 Å². The van der Waals surface area contributed by atoms with Gasteiger partial charge in [-0.2, -0.15) is 0 Å². The zero-order valence-electron chi connectivity index (χ0n) is 8.05. The van der Waals surface area contributed by atoms with E-state index >= 15 is 0 Å². The van der Waals surface area contributed by atoms with E-state index in [1.54, 1.807) is 18.4 Å². The molecule has 66 valence electrons. The average molecular weight is 164 g/mol. The van der Waals surface area contributed by atoms with E-state index in [0.29, 0.717) is 0 Å². The molecule has 0 aromatic carbocycles. The average Bonchev–Trinajstić information content (AvgIpc) is 2.35. The lowest BCUT2D eigenvalue weighted by Crippen LogP contribution is -1.71. The lowest BCUT2D eigenvalue weighted by Gasteiger charge is -1.85. The van der Waals surface area contributed by atoms with Gasteiger partial charge in [-0.1, -0.05) is 12.7 Å². The van der Waals surface area contributed by atoms with Gasteiger partial charge in [0.2, 0.25) is 0 Å². The minimum atomic E-state index is 0.882. The molecule has 0 saturated heterocycles. The van der Waals surface area contributed by atoms with E-state index in [1.807, 2.05) is 20.8 Å². The summed E-state index contributed by atoms with van der Waals surface area (Å²) in [6.45, 7) is 12.9. The van der Waals surface area contributed by atoms with Crippen LogP contribution in [0.2, 0.25) is 0 Å². The Morgan fingerprint density at radius 1 is 1.33 bits per heavy atom. The van der Waals surface area contributed by atoms with Crippen molar-refractivity contribution in [2.75, 3.05) is 0 Å². The second-order valence-corrected chi connectivity index (χ2v) is 2.52. The van der Waals surface area contributed by atoms with Crippen LogP contribution in [0.15, 0.2) is 29.9 Å². The van der Waals surface area contributed by atoms with Gasteiger partial charge in [0.1, 0.15) is 5.76 Å². The lowest BCUT2D eigenvalue weighted by molar-refractivity contribution is 0.553. The molecule has 0 N–H and O–H groups in total. The Morgan fingerprint density at radius 3 is 2.00 bits per heavy atom. The van der Waals surface area contributed by atoms with Crippen LogP contribution in [0.4, 0.5) is 0 Å². The lowest BCUT2D eigenvalue weighted by atomic mass is 10.2. The molecule has 1 aromatic rings. The van der Waals surface area contributed by atoms with Gasteiger partial charge in [0.25, 0.3) is 0 Å². The minimum Gasteiger partial charge on any atom is -0.464 e. The van der Waals surface area contributed by atoms with Gasteiger partial charge in [0, 0.05) is 0 Å². The van der Waals surface area contributed by atoms with E-state index in [-0.39, 0.29) is 0 Å². The Labute approximate surface area is 74.4 Å². The zero-order chi connectivity index (χ0) is 9.56. The molecule has 0 aliphatic carbocycles. The third-order valence-electron chi connectivity index (χ3n) is 1.51. The first kappa shape index (κ1) is 10.8. The molecule has 0 aliphatic rings. The molecule has 0 bridgehead atoms. The summed E-state index contributed by atoms with van der Waals surface area (Å²) in [5.74, 6) is 0.882. The van der Waals surface area contributed by atoms with E-state index in [0.717, 1.165) is 5.76 Å². The fourth-order valence-electron chi connectivity index (χ4n) is 0.724. The number of hydrogen-bond acceptors (Lipinski definition) is 1. The van der Waals surface area contributed by atoms with Gasteiger partial charge in [0.15, 0.2) is 0 Å². The van der Waals surface area contributed by atoms with E-state index in [2.05, 4.69) is 13.2 Å². The Morgan fingerprint density at radius 2 is 1.83 bits per heavy atom. The van der Waals surface area contributed by atoms with Crippen molar-refractivity contribution in [1.29, 1.82) is 0 Å². The molecular formula is C11H16O. The molecule has 1 rings (SSSR count). The van der Waals surface area contributed by atoms with Crippen molar-refractivity contribution in [3.05, 3.63) is 42.4 Å². The van der Waals surface area contributed by atoms with Crippen molar-refractivity contribution in [2.24, 2.45) is 0 Å². The van der Waals surface area contributed by atoms with Crippen molar-refractivity contribution in [3.63, 3.8) is 0 Å². The Kier molecular flexibility index (Phi) is 4.86. The highest BCUT2D eigenvalue weighted by atomic mass is 16.3. The predicted molar refractivity (Wildman–Crippen MR) is 54.1 cm³/mol. The van der Waals surface area contributed by atoms with Crippen LogP contribution in [0, 0.1) is 13.8 Å². The molecule has 0 amide bonds. The third kappa shape index (κ3) is 2.79. The van der Waals surface area contributed by atoms with Crippen LogP contribution in [0.25, 0.3) is 6.08 Å². The summed E-state index contributed by atoms with van der Waals surface area (Å²) in [5.41, 5.74) is 2.37. The largest absolute Gasteiger partial charge is 0.464 e. The molecule has 0 fully saturated rings. The Bertz CT molecular complexity index is 256. The van der Waals surface area contributed by atoms with Gasteiger partial charge in [-0.15, -0.1) is 6.58 Å². The third-order valence-corrected chi connectivity index (χ3v) is 1.51. The van der Waals surface area contributed by atoms with Crippen molar-refractivity contribution in [1.82, 2.24) is 0 Å². The SMILES string of the molecule is C=CC.C=Cc1occ(C)c1C. The molecule has 1 heteroatoms. The monoisotopic (exact) mass is 164 g/mol. The predicted octanol–water partition coefficient (Wildman–Crippen LogP) is 3.73. The highest BCUT2D eigenvalue weighted by Crippen LogP contribution is 2.14. The van der Waals surface area contributed by atoms with E-state index in [9.17, 15) is 0 Å². The second-order valence-electron chi connectivity index (χ2n) is 2.52. The summed E-state index contributed by atoms with van der Waals surface area (Å²) in [6, 6.07) is 0. The normalized spacial score (nSPS) is 8.25. The van der Waals surface area contributed by atoms with Gasteiger partial charge in [-0.3, -0.25) is 0 Å². The number of furan rings is 1. The summed E-state index contributed by atoms with van der Waals surface area (Å²) in [6.07, 6.45) is 5.22. The minimum absolute atomic E-state index is 0.882. The molecule has 0 spiro atoms. The fraction of sp³-hybridized carbons (Fsp3) is 0.273. The standard InChI is InChI=1S/C8H10O.C3H6/c1-4-8-7(3)6(2)5-9-8;1-3-2/h4-5H,1H2,2-3H3;3H,1H2,2H3. The summed E-state index contributed by atoms with van der Waals surface area (Å²) < 4.78 is 5.13. The molecule has 1 aromatic heterocycles. The van der Waals surface area contributed by atoms with E-state index < -0.39 is 0 Å². The van der Waals surface area contributed by atoms with Crippen LogP contribution < -0.4 is 0 Å². The van der Waals surface area contributed by atoms with Crippen LogP contribution >= 0.6 is 0 Å². The van der Waals surface area contributed by atoms with Crippen molar-refractivity contribution in [2.45, 2.75) is 20.8 Å². The van der Waals surface area contributed by atoms with Gasteiger partial charge in [-0.05, 0) is 38.0 Å². The van der Waals surface area contributed by atoms with Crippen LogP contribution in [0.1, 0.15) is 23.8 Å². The fourth-order valence-corrected chi connectivity index (χ4v) is 0.724. The molecule has 0 aliphatic heterocycles. The van der Waals surface area contributed by atoms with E-state index in [4.69, 9.17) is 4.42 Å². The second kappa shape index (κ2) is 5.42. The Hall–Kier alpha value is -1.24. The summed E-state index contributed by atoms with van der Waals surface area (Å²) in [4.78, 5) is 0. The molecule has 1 heterocycles. The molecular weight excluding hydrogens is 148 g/mol. The highest BCUT2D eigenvalue weighted by molar-refractivity contribution is 5.46. The first-order valence-corrected chi connectivity index (χ1v) is 3.91. The maximum Gasteiger partial charge on any atom is 0.129 e. The first-order chi connectivity index (χ1) is 5.67. The molecule has 12 heavy (non-hydrogen) atoms. The maximum absolute atomic E-state index is 5.13. The summed E-state index contributed by atoms with van der Waals surface area (Å²) in [7, 11) is 0. The van der Waals surface area contributed by atoms with Crippen molar-refractivity contribution >= 4 is 6.08 Å². The summed E-state index contributed by atoms with van der Waals surface area (Å²) in [5, 5.41) is 0. The number of allylic oxidation sites excluding steroid dienone is 1. The van der Waals surface area contributed by atoms with Gasteiger partial charge in [-0.25, -0.2) is 0 Å². The first-order valence-electron chi connectivity index (χ1n) is 3.91. The number of hydrogen-bond donors (Lipinski definition) is 0. The zero-order valence-corrected chi connectivity index (χ0v) is 8.05. The highest BCUT2D eigenvalue weighted by Gasteiger charge is 1.99. The Balaban J connectivity index is 0.000000354. The van der Waals surface area contributed by atoms with Gasteiger partial charge < -0.3 is 4.42 Å². The topological polar surface area (TPSA) is 13.1 Å². The molecule has 0 radical (unpaired) electrons. The number of aryl methyl sites for hydroxylation is 1. The maximum atomic E-state index is 5.13. The van der Waals surface area contributed by atoms with Crippen LogP contribution in [0.3, 0.4) is 0 Å². The van der Waals surface area contributed by atoms with Crippen molar-refractivity contribution in [3.8, 4) is 0 Å². The van der Waals surface area contributed by atoms with Crippen LogP contribution in [0.5, 0.6) is 0 Å². The van der Waals surface area contributed by atoms with Gasteiger partial charge >= 0.3 is 0 Å². The van der Waals surface area contributed by atoms with E-state index in [1.165, 1.54) is 11.1 Å². The van der Waals surface area contributed by atoms with Gasteiger partial charge in [0.05, 0.1) is 6.26 Å². The molecule has 1 nitrogen and oxygen atoms in total. The quantitative estimate of drug-likeness (QED) is 0.576. The molecule has 0 atom stereocenters. The number of rotatable bonds is 1. The van der Waals surface area contributed by atoms with Crippen molar-refractivity contribution < 1.29 is 4.42 Å². The molecule has 0 unspecified atom stereocenters. The summed E-state index contributed by atoms with van der Waals surface area (Å²) >= 11 is 0. The molecule has 0 saturated carbocycles. The smallest absolute Gasteiger partial charge is 0.129 e.